The minimum atomic E-state index is -3.87. The SMILES string of the molecule is CCOC(=O)C=Cc1cn(S(=O)(=O)c2ccc(OC)cc2)c2ccc(OC)cc12. The van der Waals surface area contributed by atoms with Gasteiger partial charge >= 0.3 is 5.97 Å². The number of benzene rings is 2. The summed E-state index contributed by atoms with van der Waals surface area (Å²) in [5, 5.41) is 0.627. The van der Waals surface area contributed by atoms with Crippen LogP contribution in [0.4, 0.5) is 0 Å². The molecule has 0 N–H and O–H groups in total. The third-order valence-electron chi connectivity index (χ3n) is 4.31. The van der Waals surface area contributed by atoms with Gasteiger partial charge < -0.3 is 14.2 Å². The molecule has 0 aliphatic carbocycles. The van der Waals surface area contributed by atoms with E-state index in [1.807, 2.05) is 0 Å². The van der Waals surface area contributed by atoms with Crippen molar-refractivity contribution in [2.75, 3.05) is 20.8 Å². The number of carbonyl (C=O) groups is 1. The molecule has 152 valence electrons. The minimum absolute atomic E-state index is 0.118. The first kappa shape index (κ1) is 20.5. The Labute approximate surface area is 169 Å². The molecule has 0 atom stereocenters. The highest BCUT2D eigenvalue weighted by molar-refractivity contribution is 7.90. The van der Waals surface area contributed by atoms with Crippen LogP contribution in [-0.4, -0.2) is 39.2 Å². The number of hydrogen-bond acceptors (Lipinski definition) is 6. The molecule has 0 radical (unpaired) electrons. The molecule has 0 aliphatic heterocycles. The molecular weight excluding hydrogens is 394 g/mol. The molecule has 1 aromatic heterocycles. The van der Waals surface area contributed by atoms with Crippen molar-refractivity contribution in [1.29, 1.82) is 0 Å². The Morgan fingerprint density at radius 2 is 1.69 bits per heavy atom. The molecule has 0 saturated carbocycles. The molecule has 0 unspecified atom stereocenters. The summed E-state index contributed by atoms with van der Waals surface area (Å²) in [6.45, 7) is 1.97. The van der Waals surface area contributed by atoms with Crippen LogP contribution >= 0.6 is 0 Å². The van der Waals surface area contributed by atoms with Crippen LogP contribution in [0.1, 0.15) is 12.5 Å². The molecule has 3 aromatic rings. The zero-order chi connectivity index (χ0) is 21.0. The standard InChI is InChI=1S/C21H21NO6S/c1-4-28-21(23)12-5-15-14-22(20-11-8-17(27-3)13-19(15)20)29(24,25)18-9-6-16(26-2)7-10-18/h5-14H,4H2,1-3H3. The normalized spacial score (nSPS) is 11.7. The second-order valence-corrected chi connectivity index (χ2v) is 7.84. The predicted molar refractivity (Wildman–Crippen MR) is 110 cm³/mol. The molecule has 0 bridgehead atoms. The Morgan fingerprint density at radius 3 is 2.31 bits per heavy atom. The van der Waals surface area contributed by atoms with Gasteiger partial charge in [-0.15, -0.1) is 0 Å². The zero-order valence-electron chi connectivity index (χ0n) is 16.3. The average molecular weight is 415 g/mol. The topological polar surface area (TPSA) is 83.8 Å². The maximum absolute atomic E-state index is 13.2. The first-order valence-corrected chi connectivity index (χ1v) is 10.3. The van der Waals surface area contributed by atoms with E-state index in [1.165, 1.54) is 48.7 Å². The summed E-state index contributed by atoms with van der Waals surface area (Å²) in [5.74, 6) is 0.626. The highest BCUT2D eigenvalue weighted by atomic mass is 32.2. The maximum atomic E-state index is 13.2. The molecule has 0 amide bonds. The molecule has 29 heavy (non-hydrogen) atoms. The number of fused-ring (bicyclic) bond motifs is 1. The highest BCUT2D eigenvalue weighted by Gasteiger charge is 2.21. The molecule has 1 heterocycles. The van der Waals surface area contributed by atoms with Crippen molar-refractivity contribution in [3.63, 3.8) is 0 Å². The minimum Gasteiger partial charge on any atom is -0.497 e. The maximum Gasteiger partial charge on any atom is 0.330 e. The lowest BCUT2D eigenvalue weighted by Crippen LogP contribution is -2.11. The van der Waals surface area contributed by atoms with Gasteiger partial charge in [-0.05, 0) is 55.5 Å². The summed E-state index contributed by atoms with van der Waals surface area (Å²) in [5.41, 5.74) is 1.01. The fraction of sp³-hybridized carbons (Fsp3) is 0.190. The first-order valence-electron chi connectivity index (χ1n) is 8.84. The Kier molecular flexibility index (Phi) is 5.93. The van der Waals surface area contributed by atoms with E-state index in [2.05, 4.69) is 0 Å². The average Bonchev–Trinajstić information content (AvgIpc) is 3.11. The Hall–Kier alpha value is -3.26. The van der Waals surface area contributed by atoms with E-state index < -0.39 is 16.0 Å². The summed E-state index contributed by atoms with van der Waals surface area (Å²) in [7, 11) is -0.827. The monoisotopic (exact) mass is 415 g/mol. The van der Waals surface area contributed by atoms with Gasteiger partial charge in [-0.1, -0.05) is 0 Å². The van der Waals surface area contributed by atoms with E-state index in [0.29, 0.717) is 28.0 Å². The van der Waals surface area contributed by atoms with Gasteiger partial charge in [0.15, 0.2) is 0 Å². The van der Waals surface area contributed by atoms with Crippen LogP contribution in [0.15, 0.2) is 59.6 Å². The number of methoxy groups -OCH3 is 2. The van der Waals surface area contributed by atoms with Crippen LogP contribution in [0.25, 0.3) is 17.0 Å². The fourth-order valence-electron chi connectivity index (χ4n) is 2.87. The van der Waals surface area contributed by atoms with Crippen molar-refractivity contribution in [2.24, 2.45) is 0 Å². The first-order chi connectivity index (χ1) is 13.9. The Morgan fingerprint density at radius 1 is 1.03 bits per heavy atom. The Bertz CT molecular complexity index is 1160. The van der Waals surface area contributed by atoms with Crippen LogP contribution in [0, 0.1) is 0 Å². The molecule has 3 rings (SSSR count). The number of hydrogen-bond donors (Lipinski definition) is 0. The molecule has 2 aromatic carbocycles. The smallest absolute Gasteiger partial charge is 0.330 e. The number of nitrogens with zero attached hydrogens (tertiary/aromatic N) is 1. The van der Waals surface area contributed by atoms with Gasteiger partial charge in [0.1, 0.15) is 11.5 Å². The molecule has 7 nitrogen and oxygen atoms in total. The molecule has 8 heteroatoms. The van der Waals surface area contributed by atoms with Crippen molar-refractivity contribution in [1.82, 2.24) is 3.97 Å². The summed E-state index contributed by atoms with van der Waals surface area (Å²) in [6, 6.07) is 11.2. The van der Waals surface area contributed by atoms with Gasteiger partial charge in [-0.2, -0.15) is 0 Å². The predicted octanol–water partition coefficient (Wildman–Crippen LogP) is 3.47. The quantitative estimate of drug-likeness (QED) is 0.434. The summed E-state index contributed by atoms with van der Waals surface area (Å²) in [6.07, 6.45) is 4.27. The van der Waals surface area contributed by atoms with Crippen molar-refractivity contribution in [2.45, 2.75) is 11.8 Å². The molecule has 0 aliphatic rings. The third-order valence-corrected chi connectivity index (χ3v) is 6.00. The largest absolute Gasteiger partial charge is 0.497 e. The van der Waals surface area contributed by atoms with Crippen molar-refractivity contribution in [3.05, 3.63) is 60.3 Å². The van der Waals surface area contributed by atoms with E-state index in [0.717, 1.165) is 0 Å². The Balaban J connectivity index is 2.15. The van der Waals surface area contributed by atoms with E-state index in [9.17, 15) is 13.2 Å². The number of carbonyl (C=O) groups excluding carboxylic acids is 1. The van der Waals surface area contributed by atoms with Gasteiger partial charge in [0.2, 0.25) is 0 Å². The highest BCUT2D eigenvalue weighted by Crippen LogP contribution is 2.30. The van der Waals surface area contributed by atoms with Gasteiger partial charge in [-0.25, -0.2) is 17.2 Å². The van der Waals surface area contributed by atoms with Gasteiger partial charge in [0, 0.05) is 23.2 Å². The molecule has 0 saturated heterocycles. The van der Waals surface area contributed by atoms with Crippen molar-refractivity contribution < 1.29 is 27.4 Å². The summed E-state index contributed by atoms with van der Waals surface area (Å²) < 4.78 is 42.9. The summed E-state index contributed by atoms with van der Waals surface area (Å²) >= 11 is 0. The van der Waals surface area contributed by atoms with Gasteiger partial charge in [-0.3, -0.25) is 0 Å². The van der Waals surface area contributed by atoms with Crippen LogP contribution in [0.5, 0.6) is 11.5 Å². The zero-order valence-corrected chi connectivity index (χ0v) is 17.1. The molecule has 0 fully saturated rings. The second kappa shape index (κ2) is 8.40. The molecular formula is C21H21NO6S. The van der Waals surface area contributed by atoms with Crippen LogP contribution < -0.4 is 9.47 Å². The van der Waals surface area contributed by atoms with Crippen LogP contribution in [0.2, 0.25) is 0 Å². The van der Waals surface area contributed by atoms with Crippen LogP contribution in [0.3, 0.4) is 0 Å². The number of rotatable bonds is 7. The summed E-state index contributed by atoms with van der Waals surface area (Å²) in [4.78, 5) is 11.8. The van der Waals surface area contributed by atoms with E-state index in [4.69, 9.17) is 14.2 Å². The van der Waals surface area contributed by atoms with Crippen molar-refractivity contribution >= 4 is 33.0 Å². The third kappa shape index (κ3) is 4.12. The van der Waals surface area contributed by atoms with Gasteiger partial charge in [0.25, 0.3) is 10.0 Å². The van der Waals surface area contributed by atoms with E-state index >= 15 is 0 Å². The fourth-order valence-corrected chi connectivity index (χ4v) is 4.25. The lowest BCUT2D eigenvalue weighted by atomic mass is 10.1. The van der Waals surface area contributed by atoms with Crippen LogP contribution in [-0.2, 0) is 19.6 Å². The number of esters is 1. The second-order valence-electron chi connectivity index (χ2n) is 6.03. The lowest BCUT2D eigenvalue weighted by Gasteiger charge is -2.08. The number of ether oxygens (including phenoxy) is 3. The number of aromatic nitrogens is 1. The lowest BCUT2D eigenvalue weighted by molar-refractivity contribution is -0.137. The van der Waals surface area contributed by atoms with Crippen molar-refractivity contribution in [3.8, 4) is 11.5 Å². The molecule has 0 spiro atoms. The van der Waals surface area contributed by atoms with Gasteiger partial charge in [0.05, 0.1) is 31.2 Å². The van der Waals surface area contributed by atoms with E-state index in [-0.39, 0.29) is 11.5 Å². The van der Waals surface area contributed by atoms with E-state index in [1.54, 1.807) is 37.3 Å².